The van der Waals surface area contributed by atoms with E-state index in [1.165, 1.54) is 37.9 Å². The topological polar surface area (TPSA) is 48.9 Å². The van der Waals surface area contributed by atoms with E-state index in [0.717, 1.165) is 51.6 Å². The number of hydrogen-bond acceptors (Lipinski definition) is 3. The van der Waals surface area contributed by atoms with E-state index in [9.17, 15) is 0 Å². The molecule has 0 atom stereocenters. The molecule has 2 N–H and O–H groups in total. The Kier molecular flexibility index (Phi) is 8.06. The second-order valence-corrected chi connectivity index (χ2v) is 7.42. The van der Waals surface area contributed by atoms with E-state index in [1.54, 1.807) is 0 Å². The van der Waals surface area contributed by atoms with Crippen LogP contribution in [0.2, 0.25) is 0 Å². The quantitative estimate of drug-likeness (QED) is 0.426. The van der Waals surface area contributed by atoms with Crippen molar-refractivity contribution in [3.8, 4) is 0 Å². The van der Waals surface area contributed by atoms with Crippen molar-refractivity contribution < 1.29 is 4.74 Å². The van der Waals surface area contributed by atoms with Gasteiger partial charge in [0.1, 0.15) is 0 Å². The standard InChI is InChI=1S/C19H36N4O/c1-4-20-18(21-11-8-17-9-14-24-15-10-17)22-16-19(2,3)23-12-6-5-7-13-23/h9H,4-8,10-16H2,1-3H3,(H2,20,21,22). The molecule has 2 aliphatic heterocycles. The van der Waals surface area contributed by atoms with Gasteiger partial charge in [-0.1, -0.05) is 18.1 Å². The molecule has 5 heteroatoms. The van der Waals surface area contributed by atoms with Gasteiger partial charge in [0.2, 0.25) is 0 Å². The summed E-state index contributed by atoms with van der Waals surface area (Å²) in [5.41, 5.74) is 1.63. The zero-order chi connectivity index (χ0) is 17.3. The van der Waals surface area contributed by atoms with Crippen molar-refractivity contribution >= 4 is 5.96 Å². The van der Waals surface area contributed by atoms with Crippen molar-refractivity contribution in [1.82, 2.24) is 15.5 Å². The van der Waals surface area contributed by atoms with Crippen molar-refractivity contribution in [2.75, 3.05) is 45.9 Å². The van der Waals surface area contributed by atoms with Crippen LogP contribution >= 0.6 is 0 Å². The number of likely N-dealkylation sites (tertiary alicyclic amines) is 1. The van der Waals surface area contributed by atoms with E-state index in [2.05, 4.69) is 42.4 Å². The summed E-state index contributed by atoms with van der Waals surface area (Å²) >= 11 is 0. The van der Waals surface area contributed by atoms with E-state index in [0.29, 0.717) is 0 Å². The first kappa shape index (κ1) is 19.3. The van der Waals surface area contributed by atoms with Gasteiger partial charge in [-0.2, -0.15) is 0 Å². The van der Waals surface area contributed by atoms with Gasteiger partial charge in [0.05, 0.1) is 19.8 Å². The average molecular weight is 337 g/mol. The first-order valence-electron chi connectivity index (χ1n) is 9.65. The Hall–Kier alpha value is -1.07. The number of nitrogens with one attached hydrogen (secondary N) is 2. The van der Waals surface area contributed by atoms with Crippen LogP contribution in [0.15, 0.2) is 16.6 Å². The molecule has 0 amide bonds. The van der Waals surface area contributed by atoms with Gasteiger partial charge in [-0.25, -0.2) is 0 Å². The molecule has 2 heterocycles. The molecule has 1 saturated heterocycles. The number of piperidine rings is 1. The Labute approximate surface area is 147 Å². The van der Waals surface area contributed by atoms with Crippen LogP contribution in [0.3, 0.4) is 0 Å². The summed E-state index contributed by atoms with van der Waals surface area (Å²) in [4.78, 5) is 7.45. The molecular weight excluding hydrogens is 300 g/mol. The average Bonchev–Trinajstić information content (AvgIpc) is 2.61. The molecule has 0 aromatic rings. The van der Waals surface area contributed by atoms with E-state index < -0.39 is 0 Å². The molecule has 0 aromatic heterocycles. The van der Waals surface area contributed by atoms with E-state index in [-0.39, 0.29) is 5.54 Å². The Morgan fingerprint density at radius 1 is 1.25 bits per heavy atom. The normalized spacial score (nSPS) is 20.6. The van der Waals surface area contributed by atoms with E-state index >= 15 is 0 Å². The number of ether oxygens (including phenoxy) is 1. The van der Waals surface area contributed by atoms with Crippen molar-refractivity contribution in [1.29, 1.82) is 0 Å². The summed E-state index contributed by atoms with van der Waals surface area (Å²) in [5, 5.41) is 6.85. The zero-order valence-electron chi connectivity index (χ0n) is 15.9. The second-order valence-electron chi connectivity index (χ2n) is 7.42. The minimum absolute atomic E-state index is 0.131. The lowest BCUT2D eigenvalue weighted by Crippen LogP contribution is -2.49. The summed E-state index contributed by atoms with van der Waals surface area (Å²) < 4.78 is 5.36. The van der Waals surface area contributed by atoms with Crippen molar-refractivity contribution in [3.63, 3.8) is 0 Å². The second kappa shape index (κ2) is 10.0. The summed E-state index contributed by atoms with van der Waals surface area (Å²) in [6.07, 6.45) is 8.38. The Morgan fingerprint density at radius 3 is 2.71 bits per heavy atom. The molecular formula is C19H36N4O. The van der Waals surface area contributed by atoms with Gasteiger partial charge in [0, 0.05) is 18.6 Å². The van der Waals surface area contributed by atoms with Crippen LogP contribution in [-0.4, -0.2) is 62.3 Å². The van der Waals surface area contributed by atoms with Gasteiger partial charge < -0.3 is 15.4 Å². The number of guanidine groups is 1. The Balaban J connectivity index is 1.81. The zero-order valence-corrected chi connectivity index (χ0v) is 15.9. The third kappa shape index (κ3) is 6.44. The molecule has 0 aromatic carbocycles. The minimum atomic E-state index is 0.131. The monoisotopic (exact) mass is 336 g/mol. The molecule has 5 nitrogen and oxygen atoms in total. The smallest absolute Gasteiger partial charge is 0.191 e. The van der Waals surface area contributed by atoms with Gasteiger partial charge in [-0.3, -0.25) is 9.89 Å². The van der Waals surface area contributed by atoms with Crippen LogP contribution in [0.25, 0.3) is 0 Å². The van der Waals surface area contributed by atoms with Crippen LogP contribution in [0.1, 0.15) is 52.9 Å². The van der Waals surface area contributed by atoms with E-state index in [1.807, 2.05) is 0 Å². The Bertz CT molecular complexity index is 425. The first-order chi connectivity index (χ1) is 11.6. The van der Waals surface area contributed by atoms with Crippen LogP contribution < -0.4 is 10.6 Å². The van der Waals surface area contributed by atoms with Crippen LogP contribution in [0.4, 0.5) is 0 Å². The number of rotatable bonds is 7. The number of nitrogens with zero attached hydrogens (tertiary/aromatic N) is 2. The molecule has 0 spiro atoms. The summed E-state index contributed by atoms with van der Waals surface area (Å²) in [5.74, 6) is 0.940. The molecule has 0 bridgehead atoms. The largest absolute Gasteiger partial charge is 0.377 e. The van der Waals surface area contributed by atoms with Crippen LogP contribution in [0.5, 0.6) is 0 Å². The van der Waals surface area contributed by atoms with Crippen molar-refractivity contribution in [3.05, 3.63) is 11.6 Å². The fourth-order valence-electron chi connectivity index (χ4n) is 3.35. The molecule has 0 radical (unpaired) electrons. The molecule has 0 saturated carbocycles. The third-order valence-corrected chi connectivity index (χ3v) is 4.98. The molecule has 0 aliphatic carbocycles. The first-order valence-corrected chi connectivity index (χ1v) is 9.65. The molecule has 138 valence electrons. The lowest BCUT2D eigenvalue weighted by Gasteiger charge is -2.40. The highest BCUT2D eigenvalue weighted by Gasteiger charge is 2.27. The molecule has 24 heavy (non-hydrogen) atoms. The fourth-order valence-corrected chi connectivity index (χ4v) is 3.35. The number of hydrogen-bond donors (Lipinski definition) is 2. The molecule has 1 fully saturated rings. The molecule has 2 rings (SSSR count). The predicted molar refractivity (Wildman–Crippen MR) is 102 cm³/mol. The summed E-state index contributed by atoms with van der Waals surface area (Å²) in [7, 11) is 0. The highest BCUT2D eigenvalue weighted by Crippen LogP contribution is 2.20. The Morgan fingerprint density at radius 2 is 2.04 bits per heavy atom. The lowest BCUT2D eigenvalue weighted by atomic mass is 9.99. The highest BCUT2D eigenvalue weighted by molar-refractivity contribution is 5.79. The molecule has 2 aliphatic rings. The van der Waals surface area contributed by atoms with Crippen molar-refractivity contribution in [2.45, 2.75) is 58.4 Å². The highest BCUT2D eigenvalue weighted by atomic mass is 16.5. The lowest BCUT2D eigenvalue weighted by molar-refractivity contribution is 0.102. The van der Waals surface area contributed by atoms with Gasteiger partial charge >= 0.3 is 0 Å². The maximum Gasteiger partial charge on any atom is 0.191 e. The van der Waals surface area contributed by atoms with Gasteiger partial charge in [0.25, 0.3) is 0 Å². The van der Waals surface area contributed by atoms with Gasteiger partial charge in [-0.15, -0.1) is 0 Å². The van der Waals surface area contributed by atoms with E-state index in [4.69, 9.17) is 9.73 Å². The third-order valence-electron chi connectivity index (χ3n) is 4.98. The SMILES string of the molecule is CCNC(=NCC(C)(C)N1CCCCC1)NCCC1=CCOCC1. The van der Waals surface area contributed by atoms with Crippen LogP contribution in [-0.2, 0) is 4.74 Å². The van der Waals surface area contributed by atoms with Gasteiger partial charge in [0.15, 0.2) is 5.96 Å². The number of aliphatic imine (C=N–C) groups is 1. The maximum atomic E-state index is 5.36. The van der Waals surface area contributed by atoms with Gasteiger partial charge in [-0.05, 0) is 59.5 Å². The predicted octanol–water partition coefficient (Wildman–Crippen LogP) is 2.54. The fraction of sp³-hybridized carbons (Fsp3) is 0.842. The summed E-state index contributed by atoms with van der Waals surface area (Å²) in [6.45, 7) is 13.5. The summed E-state index contributed by atoms with van der Waals surface area (Å²) in [6, 6.07) is 0. The maximum absolute atomic E-state index is 5.36. The van der Waals surface area contributed by atoms with Crippen molar-refractivity contribution in [2.24, 2.45) is 4.99 Å². The van der Waals surface area contributed by atoms with Crippen LogP contribution in [0, 0.1) is 0 Å². The molecule has 0 unspecified atom stereocenters. The minimum Gasteiger partial charge on any atom is -0.377 e.